The van der Waals surface area contributed by atoms with Gasteiger partial charge in [0.2, 0.25) is 5.91 Å². The Hall–Kier alpha value is -3.00. The van der Waals surface area contributed by atoms with Crippen LogP contribution in [0.5, 0.6) is 0 Å². The average Bonchev–Trinajstić information content (AvgIpc) is 3.24. The second-order valence-corrected chi connectivity index (χ2v) is 7.38. The van der Waals surface area contributed by atoms with E-state index in [0.717, 1.165) is 29.7 Å². The van der Waals surface area contributed by atoms with Gasteiger partial charge in [0, 0.05) is 4.88 Å². The number of hydrogen-bond donors (Lipinski definition) is 1. The van der Waals surface area contributed by atoms with E-state index in [-0.39, 0.29) is 18.0 Å². The first kappa shape index (κ1) is 17.4. The number of fused-ring (bicyclic) bond motifs is 2. The zero-order valence-corrected chi connectivity index (χ0v) is 15.5. The van der Waals surface area contributed by atoms with E-state index in [2.05, 4.69) is 10.3 Å². The first-order chi connectivity index (χ1) is 13.1. The number of carbonyl (C=O) groups is 2. The first-order valence-electron chi connectivity index (χ1n) is 8.55. The van der Waals surface area contributed by atoms with Crippen LogP contribution < -0.4 is 10.9 Å². The lowest BCUT2D eigenvalue weighted by Crippen LogP contribution is -2.28. The Morgan fingerprint density at radius 3 is 2.93 bits per heavy atom. The molecule has 1 N–H and O–H groups in total. The summed E-state index contributed by atoms with van der Waals surface area (Å²) in [6, 6.07) is 7.13. The number of rotatable bonds is 4. The maximum atomic E-state index is 12.6. The van der Waals surface area contributed by atoms with E-state index >= 15 is 0 Å². The monoisotopic (exact) mass is 383 g/mol. The van der Waals surface area contributed by atoms with Gasteiger partial charge in [-0.1, -0.05) is 12.1 Å². The van der Waals surface area contributed by atoms with Crippen molar-refractivity contribution in [2.45, 2.75) is 25.8 Å². The van der Waals surface area contributed by atoms with Gasteiger partial charge in [-0.25, -0.2) is 9.78 Å². The number of esters is 1. The normalized spacial score (nSPS) is 12.8. The quantitative estimate of drug-likeness (QED) is 0.699. The number of methoxy groups -OCH3 is 1. The lowest BCUT2D eigenvalue weighted by molar-refractivity contribution is -0.116. The van der Waals surface area contributed by atoms with E-state index in [1.807, 2.05) is 6.07 Å². The molecule has 4 rings (SSSR count). The van der Waals surface area contributed by atoms with Crippen LogP contribution in [-0.2, 0) is 28.9 Å². The molecule has 27 heavy (non-hydrogen) atoms. The standard InChI is InChI=1S/C19H17N3O4S/c1-26-19(25)17-11-5-4-8-14(11)27-18(17)21-15(23)10-22-13-7-3-2-6-12(13)20-9-16(22)24/h2-3,6-7,9H,4-5,8,10H2,1H3,(H,21,23). The molecule has 1 aliphatic rings. The molecule has 2 heterocycles. The lowest BCUT2D eigenvalue weighted by atomic mass is 10.1. The van der Waals surface area contributed by atoms with Crippen molar-refractivity contribution in [3.8, 4) is 0 Å². The van der Waals surface area contributed by atoms with Gasteiger partial charge in [-0.15, -0.1) is 11.3 Å². The minimum atomic E-state index is -0.448. The number of hydrogen-bond acceptors (Lipinski definition) is 6. The number of nitrogens with zero attached hydrogens (tertiary/aromatic N) is 2. The maximum absolute atomic E-state index is 12.6. The van der Waals surface area contributed by atoms with Crippen molar-refractivity contribution in [1.82, 2.24) is 9.55 Å². The molecule has 0 radical (unpaired) electrons. The highest BCUT2D eigenvalue weighted by atomic mass is 32.1. The smallest absolute Gasteiger partial charge is 0.341 e. The van der Waals surface area contributed by atoms with Crippen molar-refractivity contribution in [3.63, 3.8) is 0 Å². The van der Waals surface area contributed by atoms with Gasteiger partial charge in [-0.2, -0.15) is 0 Å². The van der Waals surface area contributed by atoms with Crippen LogP contribution in [-0.4, -0.2) is 28.5 Å². The SMILES string of the molecule is COC(=O)c1c(NC(=O)Cn2c(=O)cnc3ccccc32)sc2c1CCC2. The zero-order chi connectivity index (χ0) is 19.0. The highest BCUT2D eigenvalue weighted by molar-refractivity contribution is 7.17. The van der Waals surface area contributed by atoms with Crippen molar-refractivity contribution in [2.75, 3.05) is 12.4 Å². The van der Waals surface area contributed by atoms with Crippen LogP contribution in [0.3, 0.4) is 0 Å². The summed E-state index contributed by atoms with van der Waals surface area (Å²) in [6.07, 6.45) is 3.90. The summed E-state index contributed by atoms with van der Waals surface area (Å²) in [7, 11) is 1.33. The molecular formula is C19H17N3O4S. The van der Waals surface area contributed by atoms with Gasteiger partial charge in [0.15, 0.2) is 0 Å². The number of anilines is 1. The number of aromatic nitrogens is 2. The second kappa shape index (κ2) is 6.96. The molecule has 0 unspecified atom stereocenters. The number of ether oxygens (including phenoxy) is 1. The van der Waals surface area contributed by atoms with Gasteiger partial charge < -0.3 is 10.1 Å². The topological polar surface area (TPSA) is 90.3 Å². The molecule has 8 heteroatoms. The number of para-hydroxylation sites is 2. The molecule has 138 valence electrons. The van der Waals surface area contributed by atoms with E-state index < -0.39 is 5.97 Å². The van der Waals surface area contributed by atoms with Crippen molar-refractivity contribution in [1.29, 1.82) is 0 Å². The Bertz CT molecular complexity index is 1120. The van der Waals surface area contributed by atoms with Crippen LogP contribution in [0.2, 0.25) is 0 Å². The fraction of sp³-hybridized carbons (Fsp3) is 0.263. The molecule has 0 aliphatic heterocycles. The predicted molar refractivity (Wildman–Crippen MR) is 102 cm³/mol. The summed E-state index contributed by atoms with van der Waals surface area (Å²) < 4.78 is 6.26. The Balaban J connectivity index is 1.64. The number of thiophene rings is 1. The van der Waals surface area contributed by atoms with Crippen LogP contribution in [0.1, 0.15) is 27.2 Å². The number of carbonyl (C=O) groups excluding carboxylic acids is 2. The largest absolute Gasteiger partial charge is 0.465 e. The summed E-state index contributed by atoms with van der Waals surface area (Å²) in [5.74, 6) is -0.824. The third kappa shape index (κ3) is 3.12. The van der Waals surface area contributed by atoms with Gasteiger partial charge in [0.05, 0.1) is 29.9 Å². The summed E-state index contributed by atoms with van der Waals surface area (Å²) >= 11 is 1.41. The molecule has 7 nitrogen and oxygen atoms in total. The van der Waals surface area contributed by atoms with Crippen LogP contribution in [0.15, 0.2) is 35.3 Å². The third-order valence-corrected chi connectivity index (χ3v) is 5.83. The fourth-order valence-electron chi connectivity index (χ4n) is 3.40. The molecule has 0 bridgehead atoms. The molecule has 0 atom stereocenters. The van der Waals surface area contributed by atoms with Crippen molar-refractivity contribution in [2.24, 2.45) is 0 Å². The highest BCUT2D eigenvalue weighted by Gasteiger charge is 2.28. The molecular weight excluding hydrogens is 366 g/mol. The van der Waals surface area contributed by atoms with Crippen LogP contribution in [0, 0.1) is 0 Å². The summed E-state index contributed by atoms with van der Waals surface area (Å²) in [5, 5.41) is 3.28. The van der Waals surface area contributed by atoms with Gasteiger partial charge in [0.25, 0.3) is 5.56 Å². The van der Waals surface area contributed by atoms with Crippen molar-refractivity contribution < 1.29 is 14.3 Å². The van der Waals surface area contributed by atoms with Gasteiger partial charge >= 0.3 is 5.97 Å². The van der Waals surface area contributed by atoms with Gasteiger partial charge in [-0.05, 0) is 37.0 Å². The minimum Gasteiger partial charge on any atom is -0.465 e. The van der Waals surface area contributed by atoms with Crippen molar-refractivity contribution in [3.05, 3.63) is 56.8 Å². The van der Waals surface area contributed by atoms with Crippen LogP contribution in [0.4, 0.5) is 5.00 Å². The highest BCUT2D eigenvalue weighted by Crippen LogP contribution is 2.39. The predicted octanol–water partition coefficient (Wildman–Crippen LogP) is 2.37. The molecule has 1 aromatic carbocycles. The number of benzene rings is 1. The van der Waals surface area contributed by atoms with E-state index in [0.29, 0.717) is 21.6 Å². The Labute approximate surface area is 158 Å². The first-order valence-corrected chi connectivity index (χ1v) is 9.37. The van der Waals surface area contributed by atoms with E-state index in [9.17, 15) is 14.4 Å². The summed E-state index contributed by atoms with van der Waals surface area (Å²) in [4.78, 5) is 42.2. The number of amides is 1. The van der Waals surface area contributed by atoms with Gasteiger partial charge in [-0.3, -0.25) is 14.2 Å². The molecule has 1 aliphatic carbocycles. The Morgan fingerprint density at radius 2 is 2.11 bits per heavy atom. The van der Waals surface area contributed by atoms with E-state index in [1.165, 1.54) is 29.2 Å². The Morgan fingerprint density at radius 1 is 1.30 bits per heavy atom. The van der Waals surface area contributed by atoms with E-state index in [1.54, 1.807) is 18.2 Å². The fourth-order valence-corrected chi connectivity index (χ4v) is 4.69. The second-order valence-electron chi connectivity index (χ2n) is 6.27. The molecule has 1 amide bonds. The number of nitrogens with one attached hydrogen (secondary N) is 1. The molecule has 0 saturated heterocycles. The molecule has 0 saturated carbocycles. The number of aryl methyl sites for hydroxylation is 1. The van der Waals surface area contributed by atoms with E-state index in [4.69, 9.17) is 4.74 Å². The van der Waals surface area contributed by atoms with Crippen LogP contribution >= 0.6 is 11.3 Å². The maximum Gasteiger partial charge on any atom is 0.341 e. The minimum absolute atomic E-state index is 0.162. The molecule has 0 fully saturated rings. The Kier molecular flexibility index (Phi) is 4.49. The third-order valence-electron chi connectivity index (χ3n) is 4.62. The average molecular weight is 383 g/mol. The summed E-state index contributed by atoms with van der Waals surface area (Å²) in [6.45, 7) is -0.162. The zero-order valence-electron chi connectivity index (χ0n) is 14.7. The molecule has 3 aromatic rings. The molecule has 0 spiro atoms. The van der Waals surface area contributed by atoms with Gasteiger partial charge in [0.1, 0.15) is 11.5 Å². The summed E-state index contributed by atoms with van der Waals surface area (Å²) in [5.41, 5.74) is 2.27. The molecule has 2 aromatic heterocycles. The lowest BCUT2D eigenvalue weighted by Gasteiger charge is -2.10. The van der Waals surface area contributed by atoms with Crippen LogP contribution in [0.25, 0.3) is 11.0 Å². The van der Waals surface area contributed by atoms with Crippen molar-refractivity contribution >= 4 is 39.2 Å².